The first-order valence-electron chi connectivity index (χ1n) is 6.55. The Kier molecular flexibility index (Phi) is 3.67. The topological polar surface area (TPSA) is 43.4 Å². The lowest BCUT2D eigenvalue weighted by Gasteiger charge is -2.18. The fourth-order valence-electron chi connectivity index (χ4n) is 2.06. The molecule has 1 N–H and O–H groups in total. The molecule has 5 heteroatoms. The summed E-state index contributed by atoms with van der Waals surface area (Å²) in [6.45, 7) is 1.91. The molecule has 0 amide bonds. The number of aromatic nitrogens is 1. The highest BCUT2D eigenvalue weighted by Gasteiger charge is 2.11. The maximum atomic E-state index is 12.7. The molecule has 20 heavy (non-hydrogen) atoms. The standard InChI is InChI=1S/C15H15FN2O2/c16-12-2-4-15(18-10-12)17-6-5-11-1-3-13-14(9-11)20-8-7-19-13/h1-4,9-10H,5-8H2,(H,17,18). The van der Waals surface area contributed by atoms with Crippen LogP contribution in [0.5, 0.6) is 11.5 Å². The van der Waals surface area contributed by atoms with Gasteiger partial charge < -0.3 is 14.8 Å². The molecule has 0 radical (unpaired) electrons. The first-order chi connectivity index (χ1) is 9.81. The lowest BCUT2D eigenvalue weighted by atomic mass is 10.1. The van der Waals surface area contributed by atoms with Gasteiger partial charge in [0.1, 0.15) is 24.8 Å². The van der Waals surface area contributed by atoms with E-state index >= 15 is 0 Å². The second kappa shape index (κ2) is 5.77. The summed E-state index contributed by atoms with van der Waals surface area (Å²) in [4.78, 5) is 3.95. The third kappa shape index (κ3) is 2.99. The molecule has 4 nitrogen and oxygen atoms in total. The second-order valence-electron chi connectivity index (χ2n) is 4.52. The van der Waals surface area contributed by atoms with E-state index in [0.717, 1.165) is 30.0 Å². The number of rotatable bonds is 4. The number of ether oxygens (including phenoxy) is 2. The Bertz CT molecular complexity index is 587. The van der Waals surface area contributed by atoms with Gasteiger partial charge in [0.25, 0.3) is 0 Å². The van der Waals surface area contributed by atoms with Crippen LogP contribution in [0.1, 0.15) is 5.56 Å². The largest absolute Gasteiger partial charge is 0.486 e. The van der Waals surface area contributed by atoms with Crippen LogP contribution in [0.15, 0.2) is 36.5 Å². The molecule has 0 aliphatic carbocycles. The summed E-state index contributed by atoms with van der Waals surface area (Å²) < 4.78 is 23.7. The molecule has 3 rings (SSSR count). The lowest BCUT2D eigenvalue weighted by molar-refractivity contribution is 0.171. The van der Waals surface area contributed by atoms with Crippen LogP contribution < -0.4 is 14.8 Å². The normalized spacial score (nSPS) is 13.1. The molecule has 2 heterocycles. The summed E-state index contributed by atoms with van der Waals surface area (Å²) in [7, 11) is 0. The van der Waals surface area contributed by atoms with Crippen molar-refractivity contribution in [2.24, 2.45) is 0 Å². The number of hydrogen-bond acceptors (Lipinski definition) is 4. The summed E-state index contributed by atoms with van der Waals surface area (Å²) in [6.07, 6.45) is 2.03. The van der Waals surface area contributed by atoms with E-state index in [4.69, 9.17) is 9.47 Å². The van der Waals surface area contributed by atoms with E-state index in [1.54, 1.807) is 6.07 Å². The number of benzene rings is 1. The molecule has 0 unspecified atom stereocenters. The van der Waals surface area contributed by atoms with Gasteiger partial charge in [-0.1, -0.05) is 6.07 Å². The van der Waals surface area contributed by atoms with Gasteiger partial charge in [-0.3, -0.25) is 0 Å². The SMILES string of the molecule is Fc1ccc(NCCc2ccc3c(c2)OCCO3)nc1. The zero-order valence-electron chi connectivity index (χ0n) is 10.9. The van der Waals surface area contributed by atoms with Gasteiger partial charge in [-0.05, 0) is 36.2 Å². The smallest absolute Gasteiger partial charge is 0.161 e. The maximum Gasteiger partial charge on any atom is 0.161 e. The fraction of sp³-hybridized carbons (Fsp3) is 0.267. The van der Waals surface area contributed by atoms with Crippen LogP contribution in [-0.4, -0.2) is 24.7 Å². The molecule has 0 saturated carbocycles. The van der Waals surface area contributed by atoms with E-state index in [9.17, 15) is 4.39 Å². The number of halogens is 1. The third-order valence-corrected chi connectivity index (χ3v) is 3.05. The van der Waals surface area contributed by atoms with Crippen molar-refractivity contribution < 1.29 is 13.9 Å². The molecule has 1 aromatic heterocycles. The van der Waals surface area contributed by atoms with Gasteiger partial charge in [-0.15, -0.1) is 0 Å². The number of nitrogens with zero attached hydrogens (tertiary/aromatic N) is 1. The Hall–Kier alpha value is -2.30. The molecule has 104 valence electrons. The molecule has 1 aliphatic heterocycles. The van der Waals surface area contributed by atoms with E-state index in [2.05, 4.69) is 10.3 Å². The Morgan fingerprint density at radius 2 is 1.95 bits per heavy atom. The number of pyridine rings is 1. The minimum atomic E-state index is -0.331. The van der Waals surface area contributed by atoms with E-state index in [1.807, 2.05) is 18.2 Å². The number of nitrogens with one attached hydrogen (secondary N) is 1. The van der Waals surface area contributed by atoms with Crippen LogP contribution >= 0.6 is 0 Å². The Morgan fingerprint density at radius 1 is 1.10 bits per heavy atom. The Balaban J connectivity index is 1.57. The van der Waals surface area contributed by atoms with E-state index in [-0.39, 0.29) is 5.82 Å². The van der Waals surface area contributed by atoms with Gasteiger partial charge in [0.2, 0.25) is 0 Å². The second-order valence-corrected chi connectivity index (χ2v) is 4.52. The van der Waals surface area contributed by atoms with Gasteiger partial charge in [-0.25, -0.2) is 9.37 Å². The molecule has 2 aromatic rings. The zero-order valence-corrected chi connectivity index (χ0v) is 10.9. The first-order valence-corrected chi connectivity index (χ1v) is 6.55. The van der Waals surface area contributed by atoms with Gasteiger partial charge >= 0.3 is 0 Å². The van der Waals surface area contributed by atoms with Crippen molar-refractivity contribution in [2.75, 3.05) is 25.1 Å². The Labute approximate surface area is 116 Å². The monoisotopic (exact) mass is 274 g/mol. The van der Waals surface area contributed by atoms with Crippen molar-refractivity contribution in [3.8, 4) is 11.5 Å². The first kappa shape index (κ1) is 12.7. The predicted octanol–water partition coefficient (Wildman–Crippen LogP) is 2.65. The van der Waals surface area contributed by atoms with Crippen LogP contribution in [0.3, 0.4) is 0 Å². The lowest BCUT2D eigenvalue weighted by Crippen LogP contribution is -2.15. The maximum absolute atomic E-state index is 12.7. The van der Waals surface area contributed by atoms with Crippen molar-refractivity contribution in [1.82, 2.24) is 4.98 Å². The molecular formula is C15H15FN2O2. The molecule has 0 saturated heterocycles. The van der Waals surface area contributed by atoms with Gasteiger partial charge in [-0.2, -0.15) is 0 Å². The highest BCUT2D eigenvalue weighted by molar-refractivity contribution is 5.44. The van der Waals surface area contributed by atoms with Crippen molar-refractivity contribution in [3.63, 3.8) is 0 Å². The van der Waals surface area contributed by atoms with E-state index in [1.165, 1.54) is 12.3 Å². The average molecular weight is 274 g/mol. The molecule has 0 spiro atoms. The van der Waals surface area contributed by atoms with Crippen LogP contribution in [0, 0.1) is 5.82 Å². The van der Waals surface area contributed by atoms with Gasteiger partial charge in [0.15, 0.2) is 11.5 Å². The van der Waals surface area contributed by atoms with E-state index in [0.29, 0.717) is 19.0 Å². The third-order valence-electron chi connectivity index (χ3n) is 3.05. The van der Waals surface area contributed by atoms with Crippen LogP contribution in [0.4, 0.5) is 10.2 Å². The highest BCUT2D eigenvalue weighted by atomic mass is 19.1. The number of hydrogen-bond donors (Lipinski definition) is 1. The van der Waals surface area contributed by atoms with Crippen LogP contribution in [0.2, 0.25) is 0 Å². The predicted molar refractivity (Wildman–Crippen MR) is 73.8 cm³/mol. The van der Waals surface area contributed by atoms with Gasteiger partial charge in [0, 0.05) is 6.54 Å². The Morgan fingerprint density at radius 3 is 2.75 bits per heavy atom. The van der Waals surface area contributed by atoms with Crippen molar-refractivity contribution in [1.29, 1.82) is 0 Å². The van der Waals surface area contributed by atoms with Crippen molar-refractivity contribution >= 4 is 5.82 Å². The molecule has 0 fully saturated rings. The average Bonchev–Trinajstić information content (AvgIpc) is 2.49. The minimum Gasteiger partial charge on any atom is -0.486 e. The van der Waals surface area contributed by atoms with Crippen LogP contribution in [0.25, 0.3) is 0 Å². The summed E-state index contributed by atoms with van der Waals surface area (Å²) in [5.74, 6) is 1.94. The molecule has 1 aromatic carbocycles. The zero-order chi connectivity index (χ0) is 13.8. The molecule has 0 bridgehead atoms. The molecule has 0 atom stereocenters. The number of fused-ring (bicyclic) bond motifs is 1. The van der Waals surface area contributed by atoms with Crippen molar-refractivity contribution in [2.45, 2.75) is 6.42 Å². The fourth-order valence-corrected chi connectivity index (χ4v) is 2.06. The number of anilines is 1. The highest BCUT2D eigenvalue weighted by Crippen LogP contribution is 2.30. The summed E-state index contributed by atoms with van der Waals surface area (Å²) in [5, 5.41) is 3.15. The van der Waals surface area contributed by atoms with Crippen molar-refractivity contribution in [3.05, 3.63) is 47.9 Å². The van der Waals surface area contributed by atoms with E-state index < -0.39 is 0 Å². The minimum absolute atomic E-state index is 0.331. The summed E-state index contributed by atoms with van der Waals surface area (Å²) in [5.41, 5.74) is 1.16. The summed E-state index contributed by atoms with van der Waals surface area (Å²) >= 11 is 0. The summed E-state index contributed by atoms with van der Waals surface area (Å²) in [6, 6.07) is 8.96. The van der Waals surface area contributed by atoms with Crippen LogP contribution in [-0.2, 0) is 6.42 Å². The van der Waals surface area contributed by atoms with Gasteiger partial charge in [0.05, 0.1) is 6.20 Å². The molecule has 1 aliphatic rings. The molecular weight excluding hydrogens is 259 g/mol. The quantitative estimate of drug-likeness (QED) is 0.930.